The first-order valence-electron chi connectivity index (χ1n) is 18.8. The minimum Gasteiger partial charge on any atom is -0.491 e. The summed E-state index contributed by atoms with van der Waals surface area (Å²) in [7, 11) is -0.0935. The summed E-state index contributed by atoms with van der Waals surface area (Å²) in [6, 6.07) is 20.8. The smallest absolute Gasteiger partial charge is 0.488 e. The molecule has 2 saturated heterocycles. The standard InChI is InChI=1S/C42H38BClN4O8S/c1-21-28-18-23(44)11-14-33(28)57-37(21)31-20-34(46(3)45-31)48-39(51)30-19-29-25(36(42(30,2)41(48)53)26-9-4-5-10-32(26)56-16-15-49)12-13-27-35(29)40(52)47(38(27)50)24-8-6-7-22(17-24)43(54)55/h4-12,14,17-18,20,27,29-30,35-36,49,54-55H,13,15-16,19H2,1-3H3/t27-,29+,30-,35-,36+,42+/m0/s1. The molecule has 6 atom stereocenters. The van der Waals surface area contributed by atoms with E-state index in [2.05, 4.69) is 0 Å². The number of fused-ring (bicyclic) bond motifs is 5. The van der Waals surface area contributed by atoms with Crippen LogP contribution in [-0.4, -0.2) is 68.9 Å². The Balaban J connectivity index is 1.15. The molecule has 0 spiro atoms. The molecule has 3 aromatic carbocycles. The number of anilines is 2. The summed E-state index contributed by atoms with van der Waals surface area (Å²) < 4.78 is 8.63. The van der Waals surface area contributed by atoms with Gasteiger partial charge in [0, 0.05) is 34.3 Å². The van der Waals surface area contributed by atoms with Crippen LogP contribution in [0.4, 0.5) is 11.5 Å². The van der Waals surface area contributed by atoms with Crippen LogP contribution in [-0.2, 0) is 26.2 Å². The lowest BCUT2D eigenvalue weighted by Gasteiger charge is -2.49. The minimum absolute atomic E-state index is 0.000746. The average Bonchev–Trinajstić information content (AvgIpc) is 3.87. The molecule has 2 aliphatic heterocycles. The van der Waals surface area contributed by atoms with Gasteiger partial charge in [-0.3, -0.25) is 28.8 Å². The van der Waals surface area contributed by atoms with E-state index >= 15 is 4.79 Å². The maximum Gasteiger partial charge on any atom is 0.488 e. The summed E-state index contributed by atoms with van der Waals surface area (Å²) in [6.45, 7) is 3.56. The lowest BCUT2D eigenvalue weighted by molar-refractivity contribution is -0.131. The molecule has 0 unspecified atom stereocenters. The number of aliphatic hydroxyl groups excluding tert-OH is 1. The zero-order valence-electron chi connectivity index (χ0n) is 31.3. The fourth-order valence-corrected chi connectivity index (χ4v) is 11.2. The highest BCUT2D eigenvalue weighted by molar-refractivity contribution is 7.22. The molecule has 4 amide bonds. The third-order valence-corrected chi connectivity index (χ3v) is 14.0. The molecule has 57 heavy (non-hydrogen) atoms. The second kappa shape index (κ2) is 13.8. The van der Waals surface area contributed by atoms with Gasteiger partial charge in [-0.15, -0.1) is 11.3 Å². The highest BCUT2D eigenvalue weighted by Crippen LogP contribution is 2.64. The number of nitrogens with zero attached hydrogens (tertiary/aromatic N) is 4. The number of ether oxygens (including phenoxy) is 1. The Morgan fingerprint density at radius 2 is 1.75 bits per heavy atom. The van der Waals surface area contributed by atoms with Crippen LogP contribution in [0, 0.1) is 36.0 Å². The van der Waals surface area contributed by atoms with Crippen molar-refractivity contribution in [1.29, 1.82) is 0 Å². The van der Waals surface area contributed by atoms with Gasteiger partial charge in [-0.1, -0.05) is 53.6 Å². The molecule has 12 nitrogen and oxygen atoms in total. The van der Waals surface area contributed by atoms with Crippen molar-refractivity contribution < 1.29 is 39.1 Å². The van der Waals surface area contributed by atoms with Crippen molar-refractivity contribution >= 4 is 80.7 Å². The van der Waals surface area contributed by atoms with Gasteiger partial charge in [0.25, 0.3) is 0 Å². The molecule has 3 fully saturated rings. The molecule has 4 heterocycles. The number of rotatable bonds is 8. The van der Waals surface area contributed by atoms with Gasteiger partial charge in [0.2, 0.25) is 23.6 Å². The van der Waals surface area contributed by atoms with Crippen molar-refractivity contribution in [2.75, 3.05) is 23.0 Å². The predicted octanol–water partition coefficient (Wildman–Crippen LogP) is 4.75. The Morgan fingerprint density at radius 3 is 2.53 bits per heavy atom. The summed E-state index contributed by atoms with van der Waals surface area (Å²) >= 11 is 7.87. The first-order chi connectivity index (χ1) is 27.3. The van der Waals surface area contributed by atoms with Gasteiger partial charge in [-0.05, 0) is 85.4 Å². The van der Waals surface area contributed by atoms with Crippen molar-refractivity contribution in [3.63, 3.8) is 0 Å². The number of allylic oxidation sites excluding steroid dienone is 2. The van der Waals surface area contributed by atoms with Gasteiger partial charge in [0.1, 0.15) is 23.9 Å². The normalized spacial score (nSPS) is 25.5. The number of carbonyl (C=O) groups is 4. The van der Waals surface area contributed by atoms with Crippen LogP contribution < -0.4 is 20.0 Å². The number of amides is 4. The van der Waals surface area contributed by atoms with Crippen molar-refractivity contribution in [3.8, 4) is 16.3 Å². The van der Waals surface area contributed by atoms with Gasteiger partial charge in [0.15, 0.2) is 0 Å². The Kier molecular flexibility index (Phi) is 9.05. The highest BCUT2D eigenvalue weighted by atomic mass is 35.5. The number of para-hydroxylation sites is 1. The summed E-state index contributed by atoms with van der Waals surface area (Å²) in [5.74, 6) is -4.68. The number of hydrogen-bond donors (Lipinski definition) is 3. The predicted molar refractivity (Wildman–Crippen MR) is 216 cm³/mol. The maximum atomic E-state index is 15.2. The maximum absolute atomic E-state index is 15.2. The zero-order valence-corrected chi connectivity index (χ0v) is 32.8. The largest absolute Gasteiger partial charge is 0.491 e. The second-order valence-corrected chi connectivity index (χ2v) is 16.9. The van der Waals surface area contributed by atoms with Crippen LogP contribution in [0.25, 0.3) is 20.7 Å². The van der Waals surface area contributed by atoms with Gasteiger partial charge < -0.3 is 19.9 Å². The second-order valence-electron chi connectivity index (χ2n) is 15.5. The van der Waals surface area contributed by atoms with Crippen LogP contribution >= 0.6 is 22.9 Å². The van der Waals surface area contributed by atoms with E-state index in [0.29, 0.717) is 27.8 Å². The average molecular weight is 805 g/mol. The molecule has 2 aliphatic carbocycles. The van der Waals surface area contributed by atoms with Crippen molar-refractivity contribution in [2.24, 2.45) is 36.1 Å². The Morgan fingerprint density at radius 1 is 0.965 bits per heavy atom. The van der Waals surface area contributed by atoms with Crippen LogP contribution in [0.3, 0.4) is 0 Å². The lowest BCUT2D eigenvalue weighted by Crippen LogP contribution is -2.49. The van der Waals surface area contributed by atoms with E-state index in [4.69, 9.17) is 21.4 Å². The molecule has 5 aromatic rings. The van der Waals surface area contributed by atoms with Crippen LogP contribution in [0.5, 0.6) is 5.75 Å². The zero-order chi connectivity index (χ0) is 40.1. The number of imide groups is 2. The number of carbonyl (C=O) groups excluding carboxylic acids is 4. The Labute approximate surface area is 337 Å². The van der Waals surface area contributed by atoms with E-state index in [1.54, 1.807) is 53.4 Å². The van der Waals surface area contributed by atoms with Crippen LogP contribution in [0.15, 0.2) is 84.4 Å². The number of thiophene rings is 1. The van der Waals surface area contributed by atoms with E-state index < -0.39 is 65.8 Å². The third-order valence-electron chi connectivity index (χ3n) is 12.5. The quantitative estimate of drug-likeness (QED) is 0.114. The number of aromatic nitrogens is 2. The monoisotopic (exact) mass is 804 g/mol. The SMILES string of the molecule is Cc1c(-c2cc(N3C(=O)[C@@H]4C[C@@H]5C(=CC[C@@H]6C(=O)N(c7cccc(B(O)O)c7)C(=O)[C@@H]65)[C@H](c5ccccc5OCCO)[C@]4(C)C3=O)n(C)n2)sc2ccc(Cl)cc12. The molecule has 15 heteroatoms. The van der Waals surface area contributed by atoms with Gasteiger partial charge in [-0.25, -0.2) is 4.90 Å². The minimum atomic E-state index is -1.80. The van der Waals surface area contributed by atoms with E-state index in [0.717, 1.165) is 31.0 Å². The molecule has 4 aliphatic rings. The Bertz CT molecular complexity index is 2570. The third kappa shape index (κ3) is 5.56. The van der Waals surface area contributed by atoms with E-state index in [1.807, 2.05) is 50.3 Å². The fourth-order valence-electron chi connectivity index (χ4n) is 9.88. The van der Waals surface area contributed by atoms with E-state index in [1.165, 1.54) is 17.0 Å². The van der Waals surface area contributed by atoms with Crippen LogP contribution in [0.1, 0.15) is 36.8 Å². The Hall–Kier alpha value is -5.12. The molecule has 2 aromatic heterocycles. The van der Waals surface area contributed by atoms with Gasteiger partial charge in [0.05, 0.1) is 40.3 Å². The van der Waals surface area contributed by atoms with Crippen molar-refractivity contribution in [3.05, 3.63) is 101 Å². The molecular formula is C42H38BClN4O8S. The summed E-state index contributed by atoms with van der Waals surface area (Å²) in [4.78, 5) is 62.1. The summed E-state index contributed by atoms with van der Waals surface area (Å²) in [5.41, 5.74) is 2.04. The fraction of sp³-hybridized carbons (Fsp3) is 0.310. The number of aryl methyl sites for hydroxylation is 2. The van der Waals surface area contributed by atoms with Crippen LogP contribution in [0.2, 0.25) is 5.02 Å². The van der Waals surface area contributed by atoms with Gasteiger partial charge >= 0.3 is 7.12 Å². The molecule has 3 N–H and O–H groups in total. The van der Waals surface area contributed by atoms with E-state index in [-0.39, 0.29) is 37.2 Å². The topological polar surface area (TPSA) is 162 Å². The molecular weight excluding hydrogens is 767 g/mol. The number of aliphatic hydroxyl groups is 1. The van der Waals surface area contributed by atoms with Gasteiger partial charge in [-0.2, -0.15) is 5.10 Å². The highest BCUT2D eigenvalue weighted by Gasteiger charge is 2.68. The summed E-state index contributed by atoms with van der Waals surface area (Å²) in [6.07, 6.45) is 2.33. The molecule has 9 rings (SSSR count). The first-order valence-corrected chi connectivity index (χ1v) is 20.0. The number of hydrogen-bond acceptors (Lipinski definition) is 10. The lowest BCUT2D eigenvalue weighted by atomic mass is 9.51. The molecule has 0 radical (unpaired) electrons. The molecule has 290 valence electrons. The first kappa shape index (κ1) is 37.5. The summed E-state index contributed by atoms with van der Waals surface area (Å²) in [5, 5.41) is 35.8. The number of benzene rings is 3. The number of halogens is 1. The van der Waals surface area contributed by atoms with Crippen molar-refractivity contribution in [2.45, 2.75) is 32.6 Å². The van der Waals surface area contributed by atoms with E-state index in [9.17, 15) is 29.5 Å². The molecule has 0 bridgehead atoms. The molecule has 1 saturated carbocycles. The van der Waals surface area contributed by atoms with Crippen molar-refractivity contribution in [1.82, 2.24) is 9.78 Å².